The third-order valence-corrected chi connectivity index (χ3v) is 2.00. The Morgan fingerprint density at radius 1 is 1.64 bits per heavy atom. The molecule has 0 aliphatic carbocycles. The van der Waals surface area contributed by atoms with E-state index in [9.17, 15) is 9.59 Å². The lowest BCUT2D eigenvalue weighted by molar-refractivity contribution is -0.115. The lowest BCUT2D eigenvalue weighted by atomic mass is 10.1. The number of carbonyl (C=O) groups is 2. The summed E-state index contributed by atoms with van der Waals surface area (Å²) in [5, 5.41) is 2.58. The average molecular weight is 192 g/mol. The van der Waals surface area contributed by atoms with Crippen LogP contribution in [-0.4, -0.2) is 24.0 Å². The minimum Gasteiger partial charge on any atom is -0.465 e. The molecule has 5 heteroatoms. The summed E-state index contributed by atoms with van der Waals surface area (Å²) >= 11 is 0. The van der Waals surface area contributed by atoms with Crippen molar-refractivity contribution in [2.45, 2.75) is 6.42 Å². The monoisotopic (exact) mass is 192 g/mol. The highest BCUT2D eigenvalue weighted by Gasteiger charge is 2.20. The number of ether oxygens (including phenoxy) is 1. The van der Waals surface area contributed by atoms with Gasteiger partial charge < -0.3 is 10.1 Å². The molecule has 1 aliphatic rings. The van der Waals surface area contributed by atoms with Crippen LogP contribution in [0, 0.1) is 0 Å². The van der Waals surface area contributed by atoms with Crippen molar-refractivity contribution >= 4 is 17.7 Å². The number of amides is 1. The summed E-state index contributed by atoms with van der Waals surface area (Å²) in [6, 6.07) is 1.62. The predicted molar refractivity (Wildman–Crippen MR) is 47.9 cm³/mol. The van der Waals surface area contributed by atoms with Crippen molar-refractivity contribution in [1.82, 2.24) is 4.98 Å². The normalized spacial score (nSPS) is 13.4. The topological polar surface area (TPSA) is 68.3 Å². The van der Waals surface area contributed by atoms with Gasteiger partial charge in [-0.2, -0.15) is 0 Å². The van der Waals surface area contributed by atoms with Crippen LogP contribution in [0.25, 0.3) is 0 Å². The lowest BCUT2D eigenvalue weighted by Crippen LogP contribution is -2.04. The fraction of sp³-hybridized carbons (Fsp3) is 0.222. The van der Waals surface area contributed by atoms with Crippen LogP contribution >= 0.6 is 0 Å². The number of aromatic nitrogens is 1. The molecule has 1 aliphatic heterocycles. The van der Waals surface area contributed by atoms with Crippen molar-refractivity contribution in [3.63, 3.8) is 0 Å². The summed E-state index contributed by atoms with van der Waals surface area (Å²) in [5.41, 5.74) is 1.10. The van der Waals surface area contributed by atoms with E-state index in [1.165, 1.54) is 13.3 Å². The molecule has 0 fully saturated rings. The summed E-state index contributed by atoms with van der Waals surface area (Å²) < 4.78 is 4.54. The lowest BCUT2D eigenvalue weighted by Gasteiger charge is -2.00. The standard InChI is InChI=1S/C9H8N2O3/c1-14-9(13)6-2-5-3-7(12)11-8(5)10-4-6/h2,4H,3H2,1H3,(H,10,11,12). The minimum absolute atomic E-state index is 0.102. The largest absolute Gasteiger partial charge is 0.465 e. The van der Waals surface area contributed by atoms with Crippen LogP contribution in [0.15, 0.2) is 12.3 Å². The van der Waals surface area contributed by atoms with Gasteiger partial charge in [-0.05, 0) is 6.07 Å². The molecular formula is C9H8N2O3. The Morgan fingerprint density at radius 2 is 2.43 bits per heavy atom. The van der Waals surface area contributed by atoms with Crippen LogP contribution in [0.5, 0.6) is 0 Å². The van der Waals surface area contributed by atoms with Crippen molar-refractivity contribution < 1.29 is 14.3 Å². The van der Waals surface area contributed by atoms with Crippen LogP contribution in [0.4, 0.5) is 5.82 Å². The summed E-state index contributed by atoms with van der Waals surface area (Å²) in [5.74, 6) is -0.0168. The summed E-state index contributed by atoms with van der Waals surface area (Å²) in [4.78, 5) is 26.1. The molecule has 2 heterocycles. The molecule has 1 aromatic rings. The first-order chi connectivity index (χ1) is 6.70. The molecule has 1 aromatic heterocycles. The van der Waals surface area contributed by atoms with Crippen LogP contribution < -0.4 is 5.32 Å². The molecule has 0 saturated carbocycles. The third kappa shape index (κ3) is 1.32. The number of carbonyl (C=O) groups excluding carboxylic acids is 2. The molecule has 5 nitrogen and oxygen atoms in total. The van der Waals surface area contributed by atoms with Crippen molar-refractivity contribution in [3.05, 3.63) is 23.4 Å². The van der Waals surface area contributed by atoms with Crippen LogP contribution in [0.2, 0.25) is 0 Å². The van der Waals surface area contributed by atoms with Gasteiger partial charge >= 0.3 is 5.97 Å². The first-order valence-corrected chi connectivity index (χ1v) is 4.08. The van der Waals surface area contributed by atoms with Gasteiger partial charge in [0.25, 0.3) is 0 Å². The zero-order chi connectivity index (χ0) is 10.1. The molecule has 0 unspecified atom stereocenters. The van der Waals surface area contributed by atoms with E-state index in [4.69, 9.17) is 0 Å². The Balaban J connectivity index is 2.37. The molecule has 2 rings (SSSR count). The van der Waals surface area contributed by atoms with Crippen LogP contribution in [0.1, 0.15) is 15.9 Å². The number of nitrogens with one attached hydrogen (secondary N) is 1. The SMILES string of the molecule is COC(=O)c1cnc2c(c1)CC(=O)N2. The van der Waals surface area contributed by atoms with Crippen LogP contribution in [-0.2, 0) is 16.0 Å². The average Bonchev–Trinajstić information content (AvgIpc) is 2.55. The second-order valence-corrected chi connectivity index (χ2v) is 2.95. The summed E-state index contributed by atoms with van der Waals surface area (Å²) in [6.45, 7) is 0. The van der Waals surface area contributed by atoms with Gasteiger partial charge in [0.1, 0.15) is 5.82 Å². The molecule has 0 aromatic carbocycles. The number of methoxy groups -OCH3 is 1. The Bertz CT molecular complexity index is 415. The van der Waals surface area contributed by atoms with Crippen molar-refractivity contribution in [1.29, 1.82) is 0 Å². The second-order valence-electron chi connectivity index (χ2n) is 2.95. The molecule has 0 atom stereocenters. The summed E-state index contributed by atoms with van der Waals surface area (Å²) in [6.07, 6.45) is 1.66. The number of hydrogen-bond donors (Lipinski definition) is 1. The number of nitrogens with zero attached hydrogens (tertiary/aromatic N) is 1. The van der Waals surface area contributed by atoms with Gasteiger partial charge in [0.2, 0.25) is 5.91 Å². The quantitative estimate of drug-likeness (QED) is 0.652. The number of rotatable bonds is 1. The maximum atomic E-state index is 11.1. The van der Waals surface area contributed by atoms with E-state index in [0.717, 1.165) is 5.56 Å². The molecular weight excluding hydrogens is 184 g/mol. The van der Waals surface area contributed by atoms with Gasteiger partial charge in [-0.25, -0.2) is 9.78 Å². The van der Waals surface area contributed by atoms with Gasteiger partial charge in [-0.1, -0.05) is 0 Å². The second kappa shape index (κ2) is 3.10. The van der Waals surface area contributed by atoms with Crippen molar-refractivity contribution in [2.75, 3.05) is 12.4 Å². The van der Waals surface area contributed by atoms with E-state index < -0.39 is 5.97 Å². The molecule has 0 spiro atoms. The maximum absolute atomic E-state index is 11.1. The number of anilines is 1. The van der Waals surface area contributed by atoms with Gasteiger partial charge in [-0.15, -0.1) is 0 Å². The van der Waals surface area contributed by atoms with Crippen molar-refractivity contribution in [3.8, 4) is 0 Å². The van der Waals surface area contributed by atoms with E-state index in [2.05, 4.69) is 15.0 Å². The fourth-order valence-corrected chi connectivity index (χ4v) is 1.34. The van der Waals surface area contributed by atoms with E-state index in [0.29, 0.717) is 11.4 Å². The zero-order valence-electron chi connectivity index (χ0n) is 7.53. The van der Waals surface area contributed by atoms with Gasteiger partial charge in [0, 0.05) is 11.8 Å². The smallest absolute Gasteiger partial charge is 0.339 e. The van der Waals surface area contributed by atoms with Crippen molar-refractivity contribution in [2.24, 2.45) is 0 Å². The maximum Gasteiger partial charge on any atom is 0.339 e. The van der Waals surface area contributed by atoms with Gasteiger partial charge in [-0.3, -0.25) is 4.79 Å². The first kappa shape index (κ1) is 8.68. The minimum atomic E-state index is -0.445. The zero-order valence-corrected chi connectivity index (χ0v) is 7.53. The van der Waals surface area contributed by atoms with Gasteiger partial charge in [0.15, 0.2) is 0 Å². The molecule has 1 amide bonds. The molecule has 1 N–H and O–H groups in total. The molecule has 0 radical (unpaired) electrons. The Kier molecular flexibility index (Phi) is 1.92. The number of pyridine rings is 1. The van der Waals surface area contributed by atoms with E-state index >= 15 is 0 Å². The predicted octanol–water partition coefficient (Wildman–Crippen LogP) is 0.363. The Morgan fingerprint density at radius 3 is 3.14 bits per heavy atom. The third-order valence-electron chi connectivity index (χ3n) is 2.00. The highest BCUT2D eigenvalue weighted by Crippen LogP contribution is 2.20. The van der Waals surface area contributed by atoms with Crippen LogP contribution in [0.3, 0.4) is 0 Å². The van der Waals surface area contributed by atoms with Gasteiger partial charge in [0.05, 0.1) is 19.1 Å². The molecule has 0 saturated heterocycles. The molecule has 14 heavy (non-hydrogen) atoms. The number of esters is 1. The Labute approximate surface area is 80.1 Å². The summed E-state index contributed by atoms with van der Waals surface area (Å²) in [7, 11) is 1.30. The number of fused-ring (bicyclic) bond motifs is 1. The molecule has 0 bridgehead atoms. The first-order valence-electron chi connectivity index (χ1n) is 4.08. The highest BCUT2D eigenvalue weighted by molar-refractivity contribution is 5.99. The Hall–Kier alpha value is -1.91. The van der Waals surface area contributed by atoms with E-state index in [1.807, 2.05) is 0 Å². The fourth-order valence-electron chi connectivity index (χ4n) is 1.34. The van der Waals surface area contributed by atoms with E-state index in [1.54, 1.807) is 6.07 Å². The van der Waals surface area contributed by atoms with E-state index in [-0.39, 0.29) is 12.3 Å². The highest BCUT2D eigenvalue weighted by atomic mass is 16.5. The number of hydrogen-bond acceptors (Lipinski definition) is 4. The molecule has 72 valence electrons.